The van der Waals surface area contributed by atoms with E-state index in [0.29, 0.717) is 6.42 Å². The smallest absolute Gasteiger partial charge is 0.406 e. The highest BCUT2D eigenvalue weighted by Gasteiger charge is 2.30. The summed E-state index contributed by atoms with van der Waals surface area (Å²) in [6, 6.07) is 14.2. The predicted octanol–water partition coefficient (Wildman–Crippen LogP) is 4.24. The second kappa shape index (κ2) is 6.83. The average Bonchev–Trinajstić information content (AvgIpc) is 2.41. The largest absolute Gasteiger partial charge is 0.573 e. The molecule has 2 rings (SSSR count). The van der Waals surface area contributed by atoms with E-state index in [1.807, 2.05) is 26.2 Å². The summed E-state index contributed by atoms with van der Waals surface area (Å²) in [4.78, 5) is 2.09. The molecule has 5 heteroatoms. The van der Waals surface area contributed by atoms with Crippen LogP contribution in [0.3, 0.4) is 0 Å². The zero-order chi connectivity index (χ0) is 16.2. The van der Waals surface area contributed by atoms with Crippen molar-refractivity contribution < 1.29 is 17.9 Å². The first-order chi connectivity index (χ1) is 10.3. The lowest BCUT2D eigenvalue weighted by Gasteiger charge is -2.11. The molecule has 22 heavy (non-hydrogen) atoms. The molecule has 118 valence electrons. The Kier molecular flexibility index (Phi) is 5.08. The van der Waals surface area contributed by atoms with Gasteiger partial charge in [0, 0.05) is 6.54 Å². The molecule has 0 unspecified atom stereocenters. The third-order valence-electron chi connectivity index (χ3n) is 3.09. The highest BCUT2D eigenvalue weighted by atomic mass is 19.4. The van der Waals surface area contributed by atoms with E-state index in [0.717, 1.165) is 17.7 Å². The summed E-state index contributed by atoms with van der Waals surface area (Å²) >= 11 is 0. The fourth-order valence-electron chi connectivity index (χ4n) is 2.17. The second-order valence-corrected chi connectivity index (χ2v) is 5.42. The number of nitrogens with zero attached hydrogens (tertiary/aromatic N) is 1. The van der Waals surface area contributed by atoms with E-state index < -0.39 is 6.36 Å². The van der Waals surface area contributed by atoms with Gasteiger partial charge in [0.25, 0.3) is 0 Å². The molecule has 0 aromatic heterocycles. The predicted molar refractivity (Wildman–Crippen MR) is 79.8 cm³/mol. The van der Waals surface area contributed by atoms with Gasteiger partial charge in [0.1, 0.15) is 5.75 Å². The Morgan fingerprint density at radius 1 is 0.818 bits per heavy atom. The van der Waals surface area contributed by atoms with Crippen molar-refractivity contribution in [3.05, 3.63) is 65.2 Å². The van der Waals surface area contributed by atoms with E-state index >= 15 is 0 Å². The van der Waals surface area contributed by atoms with Gasteiger partial charge in [-0.05, 0) is 49.3 Å². The molecule has 0 aliphatic rings. The first-order valence-electron chi connectivity index (χ1n) is 6.89. The average molecular weight is 309 g/mol. The maximum Gasteiger partial charge on any atom is 0.573 e. The summed E-state index contributed by atoms with van der Waals surface area (Å²) in [5.41, 5.74) is 3.28. The Hall–Kier alpha value is -2.01. The minimum Gasteiger partial charge on any atom is -0.406 e. The quantitative estimate of drug-likeness (QED) is 0.819. The molecule has 0 N–H and O–H groups in total. The zero-order valence-electron chi connectivity index (χ0n) is 12.5. The van der Waals surface area contributed by atoms with Crippen molar-refractivity contribution in [3.63, 3.8) is 0 Å². The number of halogens is 3. The van der Waals surface area contributed by atoms with Gasteiger partial charge < -0.3 is 9.64 Å². The minimum atomic E-state index is -4.65. The maximum atomic E-state index is 12.1. The summed E-state index contributed by atoms with van der Waals surface area (Å²) in [5.74, 6) is -0.197. The van der Waals surface area contributed by atoms with Crippen molar-refractivity contribution in [1.82, 2.24) is 4.90 Å². The molecule has 0 atom stereocenters. The molecule has 2 aromatic carbocycles. The van der Waals surface area contributed by atoms with Crippen molar-refractivity contribution in [2.45, 2.75) is 19.3 Å². The van der Waals surface area contributed by atoms with E-state index in [1.54, 1.807) is 12.1 Å². The number of ether oxygens (including phenoxy) is 1. The number of alkyl halides is 3. The normalized spacial score (nSPS) is 11.7. The summed E-state index contributed by atoms with van der Waals surface area (Å²) in [5, 5.41) is 0. The van der Waals surface area contributed by atoms with E-state index in [2.05, 4.69) is 21.8 Å². The molecule has 2 aromatic rings. The number of rotatable bonds is 5. The molecule has 0 saturated heterocycles. The van der Waals surface area contributed by atoms with Crippen LogP contribution in [0.2, 0.25) is 0 Å². The van der Waals surface area contributed by atoms with Crippen LogP contribution in [-0.2, 0) is 13.0 Å². The maximum absolute atomic E-state index is 12.1. The van der Waals surface area contributed by atoms with Gasteiger partial charge in [-0.15, -0.1) is 13.2 Å². The van der Waals surface area contributed by atoms with Gasteiger partial charge in [-0.25, -0.2) is 0 Å². The highest BCUT2D eigenvalue weighted by molar-refractivity contribution is 5.32. The molecule has 0 aliphatic heterocycles. The number of hydrogen-bond donors (Lipinski definition) is 0. The third-order valence-corrected chi connectivity index (χ3v) is 3.09. The summed E-state index contributed by atoms with van der Waals surface area (Å²) in [7, 11) is 4.02. The van der Waals surface area contributed by atoms with Gasteiger partial charge in [-0.3, -0.25) is 0 Å². The molecule has 0 bridgehead atoms. The molecule has 0 radical (unpaired) electrons. The molecular formula is C17H18F3NO. The van der Waals surface area contributed by atoms with Crippen molar-refractivity contribution >= 4 is 0 Å². The Balaban J connectivity index is 1.98. The van der Waals surface area contributed by atoms with Gasteiger partial charge >= 0.3 is 6.36 Å². The van der Waals surface area contributed by atoms with Crippen LogP contribution in [0, 0.1) is 0 Å². The van der Waals surface area contributed by atoms with E-state index in [9.17, 15) is 13.2 Å². The van der Waals surface area contributed by atoms with Crippen LogP contribution in [0.1, 0.15) is 16.7 Å². The molecule has 0 fully saturated rings. The molecule has 0 aliphatic carbocycles. The topological polar surface area (TPSA) is 12.5 Å². The van der Waals surface area contributed by atoms with E-state index in [-0.39, 0.29) is 5.75 Å². The third kappa shape index (κ3) is 5.41. The molecule has 2 nitrogen and oxygen atoms in total. The van der Waals surface area contributed by atoms with Crippen LogP contribution in [-0.4, -0.2) is 25.4 Å². The second-order valence-electron chi connectivity index (χ2n) is 5.42. The van der Waals surface area contributed by atoms with Gasteiger partial charge in [0.2, 0.25) is 0 Å². The fraction of sp³-hybridized carbons (Fsp3) is 0.294. The first-order valence-corrected chi connectivity index (χ1v) is 6.89. The lowest BCUT2D eigenvalue weighted by molar-refractivity contribution is -0.274. The SMILES string of the molecule is CN(C)Cc1ccc(Cc2ccc(OC(F)(F)F)cc2)cc1. The zero-order valence-corrected chi connectivity index (χ0v) is 12.5. The summed E-state index contributed by atoms with van der Waals surface area (Å²) < 4.78 is 40.1. The minimum absolute atomic E-state index is 0.197. The molecular weight excluding hydrogens is 291 g/mol. The summed E-state index contributed by atoms with van der Waals surface area (Å²) in [6.07, 6.45) is -3.97. The van der Waals surface area contributed by atoms with E-state index in [1.165, 1.54) is 17.7 Å². The van der Waals surface area contributed by atoms with Crippen LogP contribution in [0.5, 0.6) is 5.75 Å². The van der Waals surface area contributed by atoms with Crippen LogP contribution in [0.25, 0.3) is 0 Å². The number of hydrogen-bond acceptors (Lipinski definition) is 2. The van der Waals surface area contributed by atoms with Crippen LogP contribution < -0.4 is 4.74 Å². The van der Waals surface area contributed by atoms with Crippen LogP contribution in [0.15, 0.2) is 48.5 Å². The van der Waals surface area contributed by atoms with Crippen molar-refractivity contribution in [2.75, 3.05) is 14.1 Å². The Bertz CT molecular complexity index is 589. The van der Waals surface area contributed by atoms with Crippen molar-refractivity contribution in [1.29, 1.82) is 0 Å². The van der Waals surface area contributed by atoms with Crippen molar-refractivity contribution in [3.8, 4) is 5.75 Å². The van der Waals surface area contributed by atoms with E-state index in [4.69, 9.17) is 0 Å². The number of benzene rings is 2. The first kappa shape index (κ1) is 16.4. The van der Waals surface area contributed by atoms with Gasteiger partial charge in [0.15, 0.2) is 0 Å². The van der Waals surface area contributed by atoms with Gasteiger partial charge in [0.05, 0.1) is 0 Å². The van der Waals surface area contributed by atoms with Crippen LogP contribution >= 0.6 is 0 Å². The monoisotopic (exact) mass is 309 g/mol. The standard InChI is InChI=1S/C17H18F3NO/c1-21(2)12-15-5-3-13(4-6-15)11-14-7-9-16(10-8-14)22-17(18,19)20/h3-10H,11-12H2,1-2H3. The van der Waals surface area contributed by atoms with Gasteiger partial charge in [-0.1, -0.05) is 36.4 Å². The molecule has 0 saturated carbocycles. The summed E-state index contributed by atoms with van der Waals surface area (Å²) in [6.45, 7) is 0.879. The van der Waals surface area contributed by atoms with Gasteiger partial charge in [-0.2, -0.15) is 0 Å². The fourth-order valence-corrected chi connectivity index (χ4v) is 2.17. The highest BCUT2D eigenvalue weighted by Crippen LogP contribution is 2.23. The molecule has 0 heterocycles. The Labute approximate surface area is 128 Å². The van der Waals surface area contributed by atoms with Crippen LogP contribution in [0.4, 0.5) is 13.2 Å². The van der Waals surface area contributed by atoms with Crippen molar-refractivity contribution in [2.24, 2.45) is 0 Å². The lowest BCUT2D eigenvalue weighted by Crippen LogP contribution is -2.17. The Morgan fingerprint density at radius 2 is 1.27 bits per heavy atom. The Morgan fingerprint density at radius 3 is 1.73 bits per heavy atom. The molecule has 0 spiro atoms. The molecule has 0 amide bonds. The lowest BCUT2D eigenvalue weighted by atomic mass is 10.0.